The first-order valence-corrected chi connectivity index (χ1v) is 59.1. The number of benzene rings is 7. The predicted octanol–water partition coefficient (Wildman–Crippen LogP) is 24.9. The van der Waals surface area contributed by atoms with Crippen molar-refractivity contribution in [3.63, 3.8) is 0 Å². The molecule has 2 amide bonds. The van der Waals surface area contributed by atoms with Gasteiger partial charge in [0.25, 0.3) is 0 Å². The normalized spacial score (nSPS) is 13.3. The Kier molecular flexibility index (Phi) is 30.1. The van der Waals surface area contributed by atoms with Gasteiger partial charge >= 0.3 is 107 Å². The molecule has 142 heavy (non-hydrogen) atoms. The monoisotopic (exact) mass is 2160 g/mol. The number of aromatic nitrogens is 11. The standard InChI is InChI=1S/C36H41N5O6.C29H36ClN5O4.C27H26N4O2.C7H5IO2.C7H5O2.3CH3.Sn/c1-22(2)26-19-37-41-30(18-27(38-32(26)41)25-13-11-15-29-31(25)45-21-44-29)39(33(42)46-35(3,4)5)17-16-23-20-40(34(43)47-36(6,7)8)28-14-10-9-12-24(23)28;1-18(2)21-16-31-35-24(15-23(30)32-25(21)35)33(26(36)38-28(3,4)5)14-13-19-17-34(27(37)39-29(6,7)8)22-12-10-9-11-20(19)22;1-17(2)22-15-29-31-25(28-13-12-19-11-10-18-6-3-4-7-20(18)19)14-23(30-27(22)31)21-8-5-9-24-26(21)33-16-32-24;8-5-2-1-3-6-7(5)10-4-9-6;1-2-4-7-6(3-1)8-5-9-7;;;;/h9-15,18-20,22H,16-17,21H2,1-8H3;9-12,15-18H,13-14H2,1-8H3;3-9,11,14-15,17,28H,10,12-13,16H2,1-2H3;1-3H,4H2;1-3H,5H2;3*1H3;. The van der Waals surface area contributed by atoms with Gasteiger partial charge in [0, 0.05) is 88.8 Å². The van der Waals surface area contributed by atoms with Crippen LogP contribution < -0.4 is 56.6 Å². The number of ether oxygens (including phenoxy) is 12. The Morgan fingerprint density at radius 3 is 1.33 bits per heavy atom. The first-order valence-electron chi connectivity index (χ1n) is 47.7. The molecule has 15 aromatic rings. The number of allylic oxidation sites excluding steroid dienone is 1. The van der Waals surface area contributed by atoms with Crippen LogP contribution >= 0.6 is 34.2 Å². The van der Waals surface area contributed by atoms with Gasteiger partial charge in [0.2, 0.25) is 20.4 Å². The van der Waals surface area contributed by atoms with Gasteiger partial charge in [-0.15, -0.1) is 0 Å². The summed E-state index contributed by atoms with van der Waals surface area (Å²) in [6.07, 6.45) is 12.2. The molecule has 0 radical (unpaired) electrons. The molecule has 0 saturated carbocycles. The van der Waals surface area contributed by atoms with Crippen LogP contribution in [-0.4, -0.2) is 165 Å². The summed E-state index contributed by atoms with van der Waals surface area (Å²) in [5.74, 6) is 8.85. The molecule has 0 saturated heterocycles. The number of hydrogen-bond acceptors (Lipinski definition) is 23. The zero-order valence-corrected chi connectivity index (χ0v) is 89.9. The van der Waals surface area contributed by atoms with E-state index in [2.05, 4.69) is 134 Å². The Labute approximate surface area is 849 Å². The topological polar surface area (TPSA) is 298 Å². The molecule has 1 aliphatic carbocycles. The Morgan fingerprint density at radius 2 is 0.852 bits per heavy atom. The second-order valence-corrected chi connectivity index (χ2v) is 56.8. The molecule has 8 aromatic heterocycles. The molecule has 1 N–H and O–H groups in total. The van der Waals surface area contributed by atoms with E-state index in [4.69, 9.17) is 83.5 Å². The first-order chi connectivity index (χ1) is 67.5. The summed E-state index contributed by atoms with van der Waals surface area (Å²) < 4.78 is 77.8. The molecule has 20 rings (SSSR count). The minimum absolute atomic E-state index is 0.117. The SMILES string of the molecule is CC(C)c1cnn2c(N(CCc3cn(C(=O)OC(C)(C)C)c4ccccc34)C(=O)OC(C)(C)C)cc(-c3cccc4c3OCO4)nc12.CC(C)c1cnn2c(N(CCc3cn(C(=O)OC(C)(C)C)c4ccccc34)C(=O)OC(C)(C)C)cc(Cl)nc12.CC(C)c1cnn2c(NCCC3=CCc4ccccc43)cc(-c3cccc4c3OCO4)nc12.Ic1cccc2c1OCO2.[CH3][Sn]([CH3])([CH3])[c]1cccc2c1OCO2. The second kappa shape index (κ2) is 42.1. The van der Waals surface area contributed by atoms with E-state index >= 15 is 0 Å². The number of anilines is 3. The predicted molar refractivity (Wildman–Crippen MR) is 563 cm³/mol. The van der Waals surface area contributed by atoms with Gasteiger partial charge in [-0.1, -0.05) is 138 Å². The fourth-order valence-corrected chi connectivity index (χ4v) is 22.0. The summed E-state index contributed by atoms with van der Waals surface area (Å²) in [6, 6.07) is 53.1. The van der Waals surface area contributed by atoms with Gasteiger partial charge in [0.05, 0.1) is 44.6 Å². The number of nitrogens with one attached hydrogen (secondary N) is 1. The van der Waals surface area contributed by atoms with Gasteiger partial charge in [-0.05, 0) is 225 Å². The molecule has 742 valence electrons. The summed E-state index contributed by atoms with van der Waals surface area (Å²) in [5.41, 5.74) is 12.8. The van der Waals surface area contributed by atoms with Crippen LogP contribution in [0.1, 0.15) is 188 Å². The molecule has 0 spiro atoms. The molecule has 33 heteroatoms. The number of nitrogens with zero attached hydrogens (tertiary/aromatic N) is 13. The zero-order chi connectivity index (χ0) is 101. The van der Waals surface area contributed by atoms with E-state index < -0.39 is 65.2 Å². The Balaban J connectivity index is 0.000000138. The van der Waals surface area contributed by atoms with Crippen LogP contribution in [0, 0.1) is 3.57 Å². The fraction of sp³-hybridized carbons (Fsp3) is 0.358. The summed E-state index contributed by atoms with van der Waals surface area (Å²) in [4.78, 5) is 78.5. The van der Waals surface area contributed by atoms with Crippen LogP contribution in [0.25, 0.3) is 66.8 Å². The Hall–Kier alpha value is -13.3. The number of para-hydroxylation sites is 6. The van der Waals surface area contributed by atoms with Crippen molar-refractivity contribution >= 4 is 142 Å². The minimum atomic E-state index is -2.01. The van der Waals surface area contributed by atoms with Crippen molar-refractivity contribution in [3.8, 4) is 68.5 Å². The summed E-state index contributed by atoms with van der Waals surface area (Å²) in [5, 5.41) is 19.5. The maximum absolute atomic E-state index is 14.1. The molecule has 5 aliphatic rings. The number of halogens is 2. The van der Waals surface area contributed by atoms with Gasteiger partial charge in [-0.2, -0.15) is 28.8 Å². The van der Waals surface area contributed by atoms with Crippen LogP contribution in [0.5, 0.6) is 46.0 Å². The molecule has 30 nitrogen and oxygen atoms in total. The van der Waals surface area contributed by atoms with Gasteiger partial charge in [0.1, 0.15) is 45.0 Å². The van der Waals surface area contributed by atoms with E-state index in [0.29, 0.717) is 72.5 Å². The third kappa shape index (κ3) is 23.2. The molecule has 7 aromatic carbocycles. The molecule has 0 unspecified atom stereocenters. The maximum atomic E-state index is 14.1. The van der Waals surface area contributed by atoms with E-state index in [1.165, 1.54) is 34.3 Å². The average molecular weight is 2170 g/mol. The van der Waals surface area contributed by atoms with Crippen LogP contribution in [0.3, 0.4) is 0 Å². The Morgan fingerprint density at radius 1 is 0.451 bits per heavy atom. The van der Waals surface area contributed by atoms with Crippen LogP contribution in [0.2, 0.25) is 20.0 Å². The van der Waals surface area contributed by atoms with E-state index in [-0.39, 0.29) is 43.7 Å². The van der Waals surface area contributed by atoms with Crippen molar-refractivity contribution in [2.45, 2.75) is 205 Å². The summed E-state index contributed by atoms with van der Waals surface area (Å²) >= 11 is 6.65. The molecule has 4 aliphatic heterocycles. The summed E-state index contributed by atoms with van der Waals surface area (Å²) in [6.45, 7) is 36.9. The third-order valence-corrected chi connectivity index (χ3v) is 30.4. The van der Waals surface area contributed by atoms with Crippen molar-refractivity contribution in [1.82, 2.24) is 52.9 Å². The first kappa shape index (κ1) is 102. The van der Waals surface area contributed by atoms with Crippen molar-refractivity contribution in [3.05, 3.63) is 249 Å². The summed E-state index contributed by atoms with van der Waals surface area (Å²) in [7, 11) is 0. The average Bonchev–Trinajstić information content (AvgIpc) is 1.58. The number of amides is 2. The molecule has 0 bridgehead atoms. The van der Waals surface area contributed by atoms with E-state index in [1.807, 2.05) is 223 Å². The fourth-order valence-electron chi connectivity index (χ4n) is 17.0. The molecular weight excluding hydrogens is 2040 g/mol. The number of carbonyl (C=O) groups is 4. The van der Waals surface area contributed by atoms with Crippen molar-refractivity contribution < 1.29 is 76.0 Å². The molecule has 0 atom stereocenters. The van der Waals surface area contributed by atoms with E-state index in [0.717, 1.165) is 135 Å². The van der Waals surface area contributed by atoms with Crippen molar-refractivity contribution in [1.29, 1.82) is 0 Å². The number of carbonyl (C=O) groups excluding carboxylic acids is 4. The molecule has 0 fully saturated rings. The molecular formula is C109H122ClIN14O16Sn. The number of hydrogen-bond donors (Lipinski definition) is 1. The van der Waals surface area contributed by atoms with Gasteiger partial charge in [-0.25, -0.2) is 34.1 Å². The van der Waals surface area contributed by atoms with E-state index in [1.54, 1.807) is 44.8 Å². The van der Waals surface area contributed by atoms with Crippen LogP contribution in [0.4, 0.5) is 36.6 Å². The second-order valence-electron chi connectivity index (χ2n) is 40.9. The van der Waals surface area contributed by atoms with Crippen molar-refractivity contribution in [2.24, 2.45) is 0 Å². The van der Waals surface area contributed by atoms with Gasteiger partial charge < -0.3 is 52.7 Å². The van der Waals surface area contributed by atoms with Crippen LogP contribution in [-0.2, 0) is 38.2 Å². The third-order valence-electron chi connectivity index (χ3n) is 23.6. The van der Waals surface area contributed by atoms with E-state index in [9.17, 15) is 19.2 Å². The number of fused-ring (bicyclic) bond motifs is 10. The van der Waals surface area contributed by atoms with Gasteiger partial charge in [0.15, 0.2) is 51.4 Å². The Bertz CT molecular complexity index is 7270. The van der Waals surface area contributed by atoms with Crippen molar-refractivity contribution in [2.75, 3.05) is 61.9 Å². The van der Waals surface area contributed by atoms with Gasteiger partial charge in [-0.3, -0.25) is 18.9 Å². The molecule has 12 heterocycles. The quantitative estimate of drug-likeness (QED) is 0.0361. The van der Waals surface area contributed by atoms with Crippen LogP contribution in [0.15, 0.2) is 201 Å². The number of rotatable bonds is 18. The zero-order valence-electron chi connectivity index (χ0n) is 84.2.